The Labute approximate surface area is 212 Å². The normalized spacial score (nSPS) is 11.0. The van der Waals surface area contributed by atoms with Gasteiger partial charge in [-0.05, 0) is 74.9 Å². The molecule has 0 saturated heterocycles. The lowest BCUT2D eigenvalue weighted by Gasteiger charge is -2.10. The molecule has 0 aliphatic carbocycles. The van der Waals surface area contributed by atoms with Crippen LogP contribution >= 0.6 is 27.5 Å². The fourth-order valence-corrected chi connectivity index (χ4v) is 3.98. The monoisotopic (exact) mass is 537 g/mol. The first-order chi connectivity index (χ1) is 16.4. The third-order valence-electron chi connectivity index (χ3n) is 5.35. The van der Waals surface area contributed by atoms with Crippen molar-refractivity contribution >= 4 is 39.3 Å². The average Bonchev–Trinajstić information content (AvgIpc) is 3.18. The van der Waals surface area contributed by atoms with Gasteiger partial charge in [0.05, 0.1) is 11.0 Å². The van der Waals surface area contributed by atoms with Crippen molar-refractivity contribution < 1.29 is 9.53 Å². The number of nitrogens with zero attached hydrogens (tertiary/aromatic N) is 2. The molecule has 0 radical (unpaired) electrons. The zero-order chi connectivity index (χ0) is 24.1. The minimum absolute atomic E-state index is 0.236. The maximum Gasteiger partial charge on any atom is 0.256 e. The van der Waals surface area contributed by atoms with Gasteiger partial charge in [-0.2, -0.15) is 5.10 Å². The van der Waals surface area contributed by atoms with Crippen LogP contribution in [0.25, 0.3) is 0 Å². The molecule has 0 atom stereocenters. The van der Waals surface area contributed by atoms with E-state index in [1.807, 2.05) is 60.8 Å². The lowest BCUT2D eigenvalue weighted by molar-refractivity contribution is 0.102. The van der Waals surface area contributed by atoms with Gasteiger partial charge >= 0.3 is 0 Å². The first-order valence-electron chi connectivity index (χ1n) is 11.0. The molecule has 0 aliphatic rings. The number of nitrogens with one attached hydrogen (secondary N) is 1. The number of halogens is 2. The van der Waals surface area contributed by atoms with Gasteiger partial charge in [-0.1, -0.05) is 61.8 Å². The number of aromatic nitrogens is 2. The summed E-state index contributed by atoms with van der Waals surface area (Å²) in [6, 6.07) is 23.1. The van der Waals surface area contributed by atoms with Gasteiger partial charge in [0.25, 0.3) is 5.91 Å². The lowest BCUT2D eigenvalue weighted by Crippen LogP contribution is -2.13. The molecule has 7 heteroatoms. The maximum absolute atomic E-state index is 12.9. The number of amides is 1. The van der Waals surface area contributed by atoms with Gasteiger partial charge in [-0.15, -0.1) is 0 Å². The van der Waals surface area contributed by atoms with E-state index in [4.69, 9.17) is 16.3 Å². The highest BCUT2D eigenvalue weighted by Gasteiger charge is 2.13. The molecule has 1 aromatic heterocycles. The molecule has 0 bridgehead atoms. The summed E-state index contributed by atoms with van der Waals surface area (Å²) >= 11 is 9.44. The molecule has 0 unspecified atom stereocenters. The molecule has 0 fully saturated rings. The topological polar surface area (TPSA) is 56.1 Å². The second kappa shape index (κ2) is 10.9. The van der Waals surface area contributed by atoms with Crippen molar-refractivity contribution in [2.75, 3.05) is 5.32 Å². The van der Waals surface area contributed by atoms with Crippen LogP contribution in [0.1, 0.15) is 46.8 Å². The van der Waals surface area contributed by atoms with Gasteiger partial charge in [0, 0.05) is 16.8 Å². The Kier molecular flexibility index (Phi) is 7.70. The molecule has 0 aliphatic heterocycles. The Balaban J connectivity index is 1.38. The van der Waals surface area contributed by atoms with E-state index in [2.05, 4.69) is 52.3 Å². The number of benzene rings is 3. The summed E-state index contributed by atoms with van der Waals surface area (Å²) in [5.74, 6) is 1.51. The molecule has 5 nitrogen and oxygen atoms in total. The number of carbonyl (C=O) groups excluding carboxylic acids is 1. The maximum atomic E-state index is 12.9. The fourth-order valence-electron chi connectivity index (χ4n) is 3.44. The highest BCUT2D eigenvalue weighted by molar-refractivity contribution is 9.10. The minimum Gasteiger partial charge on any atom is -0.489 e. The first-order valence-corrected chi connectivity index (χ1v) is 12.1. The van der Waals surface area contributed by atoms with E-state index in [9.17, 15) is 4.79 Å². The van der Waals surface area contributed by atoms with E-state index in [1.54, 1.807) is 10.7 Å². The molecule has 1 N–H and O–H groups in total. The van der Waals surface area contributed by atoms with Crippen LogP contribution in [-0.4, -0.2) is 15.7 Å². The zero-order valence-electron chi connectivity index (χ0n) is 19.0. The van der Waals surface area contributed by atoms with Crippen LogP contribution in [0, 0.1) is 0 Å². The van der Waals surface area contributed by atoms with E-state index in [0.29, 0.717) is 39.9 Å². The van der Waals surface area contributed by atoms with Crippen LogP contribution in [0.3, 0.4) is 0 Å². The molecule has 0 saturated carbocycles. The van der Waals surface area contributed by atoms with E-state index < -0.39 is 0 Å². The van der Waals surface area contributed by atoms with Gasteiger partial charge in [0.1, 0.15) is 12.4 Å². The smallest absolute Gasteiger partial charge is 0.256 e. The molecule has 174 valence electrons. The summed E-state index contributed by atoms with van der Waals surface area (Å²) in [5, 5.41) is 8.06. The van der Waals surface area contributed by atoms with Crippen molar-refractivity contribution in [3.63, 3.8) is 0 Å². The fraction of sp³-hybridized carbons (Fsp3) is 0.185. The van der Waals surface area contributed by atoms with Crippen LogP contribution < -0.4 is 10.1 Å². The summed E-state index contributed by atoms with van der Waals surface area (Å²) in [6.45, 7) is 5.27. The van der Waals surface area contributed by atoms with Crippen LogP contribution in [0.4, 0.5) is 5.82 Å². The van der Waals surface area contributed by atoms with Crippen molar-refractivity contribution in [2.45, 2.75) is 32.9 Å². The molecule has 4 aromatic rings. The predicted octanol–water partition coefficient (Wildman–Crippen LogP) is 7.30. The highest BCUT2D eigenvalue weighted by Crippen LogP contribution is 2.23. The number of carbonyl (C=O) groups is 1. The summed E-state index contributed by atoms with van der Waals surface area (Å²) < 4.78 is 8.37. The molecule has 4 rings (SSSR count). The Bertz CT molecular complexity index is 1270. The molecular weight excluding hydrogens is 514 g/mol. The second-order valence-corrected chi connectivity index (χ2v) is 9.61. The number of rotatable bonds is 8. The molecule has 1 amide bonds. The molecule has 34 heavy (non-hydrogen) atoms. The first kappa shape index (κ1) is 24.0. The Morgan fingerprint density at radius 1 is 1.06 bits per heavy atom. The third kappa shape index (κ3) is 6.27. The quantitative estimate of drug-likeness (QED) is 0.256. The van der Waals surface area contributed by atoms with Crippen molar-refractivity contribution in [2.24, 2.45) is 0 Å². The van der Waals surface area contributed by atoms with Crippen molar-refractivity contribution in [1.82, 2.24) is 9.78 Å². The average molecular weight is 539 g/mol. The third-order valence-corrected chi connectivity index (χ3v) is 6.18. The Morgan fingerprint density at radius 3 is 2.50 bits per heavy atom. The van der Waals surface area contributed by atoms with E-state index in [-0.39, 0.29) is 5.91 Å². The SMILES string of the molecule is CC(C)c1ccc(OCc2cccc(C(=O)Nc3nn(Cc4ccc(Cl)cc4)cc3Br)c2)cc1. The summed E-state index contributed by atoms with van der Waals surface area (Å²) in [6.07, 6.45) is 1.83. The van der Waals surface area contributed by atoms with E-state index >= 15 is 0 Å². The zero-order valence-corrected chi connectivity index (χ0v) is 21.3. The predicted molar refractivity (Wildman–Crippen MR) is 140 cm³/mol. The standard InChI is InChI=1S/C27H25BrClN3O2/c1-18(2)21-8-12-24(13-9-21)34-17-20-4-3-5-22(14-20)27(33)30-26-25(28)16-32(31-26)15-19-6-10-23(29)11-7-19/h3-14,16,18H,15,17H2,1-2H3,(H,30,31,33). The van der Waals surface area contributed by atoms with Gasteiger partial charge in [-0.3, -0.25) is 9.48 Å². The van der Waals surface area contributed by atoms with Gasteiger partial charge in [-0.25, -0.2) is 0 Å². The largest absolute Gasteiger partial charge is 0.489 e. The Hall–Kier alpha value is -3.09. The molecule has 3 aromatic carbocycles. The van der Waals surface area contributed by atoms with Crippen LogP contribution in [-0.2, 0) is 13.2 Å². The summed E-state index contributed by atoms with van der Waals surface area (Å²) in [5.41, 5.74) is 3.78. The van der Waals surface area contributed by atoms with E-state index in [0.717, 1.165) is 16.9 Å². The van der Waals surface area contributed by atoms with Crippen molar-refractivity contribution in [3.05, 3.63) is 111 Å². The Morgan fingerprint density at radius 2 is 1.79 bits per heavy atom. The second-order valence-electron chi connectivity index (χ2n) is 8.32. The minimum atomic E-state index is -0.236. The van der Waals surface area contributed by atoms with Gasteiger partial charge < -0.3 is 10.1 Å². The molecule has 0 spiro atoms. The van der Waals surface area contributed by atoms with Crippen LogP contribution in [0.2, 0.25) is 5.02 Å². The van der Waals surface area contributed by atoms with Gasteiger partial charge in [0.2, 0.25) is 0 Å². The van der Waals surface area contributed by atoms with Crippen LogP contribution in [0.5, 0.6) is 5.75 Å². The number of hydrogen-bond donors (Lipinski definition) is 1. The molecular formula is C27H25BrClN3O2. The van der Waals surface area contributed by atoms with Crippen molar-refractivity contribution in [1.29, 1.82) is 0 Å². The molecule has 1 heterocycles. The lowest BCUT2D eigenvalue weighted by atomic mass is 10.0. The highest BCUT2D eigenvalue weighted by atomic mass is 79.9. The van der Waals surface area contributed by atoms with E-state index in [1.165, 1.54) is 5.56 Å². The van der Waals surface area contributed by atoms with Crippen LogP contribution in [0.15, 0.2) is 83.5 Å². The van der Waals surface area contributed by atoms with Gasteiger partial charge in [0.15, 0.2) is 5.82 Å². The summed E-state index contributed by atoms with van der Waals surface area (Å²) in [4.78, 5) is 12.9. The summed E-state index contributed by atoms with van der Waals surface area (Å²) in [7, 11) is 0. The number of ether oxygens (including phenoxy) is 1. The number of anilines is 1. The number of hydrogen-bond acceptors (Lipinski definition) is 3. The van der Waals surface area contributed by atoms with Crippen molar-refractivity contribution in [3.8, 4) is 5.75 Å².